The molecule has 0 heterocycles. The predicted octanol–water partition coefficient (Wildman–Crippen LogP) is -0.420. The Morgan fingerprint density at radius 2 is 0.750 bits per heavy atom. The molecule has 0 fully saturated rings. The molecular formula is H6N2S2. The molecule has 0 radical (unpaired) electrons. The topological polar surface area (TPSA) is 52.0 Å². The van der Waals surface area contributed by atoms with Gasteiger partial charge in [0.15, 0.2) is 0 Å². The van der Waals surface area contributed by atoms with Gasteiger partial charge in [-0.1, -0.05) is 0 Å². The second-order valence-electron chi connectivity index (χ2n) is 0. The fourth-order valence-corrected chi connectivity index (χ4v) is 0. The first-order valence-corrected chi connectivity index (χ1v) is 1.55. The zero-order chi connectivity index (χ0) is 4.00. The maximum absolute atomic E-state index is 4.19. The first kappa shape index (κ1) is 8.82. The average molecular weight is 98.2 g/mol. The third-order valence-corrected chi connectivity index (χ3v) is 0. The zero-order valence-electron chi connectivity index (χ0n) is 2.05. The van der Waals surface area contributed by atoms with Crippen molar-refractivity contribution in [1.82, 2.24) is 0 Å². The third kappa shape index (κ3) is 17.9. The SMILES string of the molecule is NS.NS. The van der Waals surface area contributed by atoms with Crippen LogP contribution in [0, 0.1) is 0 Å². The van der Waals surface area contributed by atoms with Gasteiger partial charge in [-0.25, -0.2) is 0 Å². The van der Waals surface area contributed by atoms with Crippen LogP contribution in [-0.4, -0.2) is 0 Å². The van der Waals surface area contributed by atoms with E-state index in [4.69, 9.17) is 0 Å². The summed E-state index contributed by atoms with van der Waals surface area (Å²) >= 11 is 6.06. The quantitative estimate of drug-likeness (QED) is 0.311. The molecule has 0 saturated carbocycles. The molecule has 0 saturated heterocycles. The van der Waals surface area contributed by atoms with E-state index in [9.17, 15) is 0 Å². The molecule has 0 unspecified atom stereocenters. The Labute approximate surface area is 36.6 Å². The van der Waals surface area contributed by atoms with Gasteiger partial charge in [0.1, 0.15) is 0 Å². The Hall–Kier alpha value is 0.620. The molecule has 0 aromatic heterocycles. The Morgan fingerprint density at radius 1 is 0.750 bits per heavy atom. The van der Waals surface area contributed by atoms with Crippen molar-refractivity contribution in [2.75, 3.05) is 0 Å². The monoisotopic (exact) mass is 98.0 g/mol. The lowest BCUT2D eigenvalue weighted by Crippen LogP contribution is -1.49. The van der Waals surface area contributed by atoms with Crippen LogP contribution in [0.5, 0.6) is 0 Å². The summed E-state index contributed by atoms with van der Waals surface area (Å²) in [6, 6.07) is 0. The van der Waals surface area contributed by atoms with E-state index in [0.29, 0.717) is 0 Å². The van der Waals surface area contributed by atoms with Crippen LogP contribution in [0.1, 0.15) is 0 Å². The van der Waals surface area contributed by atoms with Crippen molar-refractivity contribution in [2.24, 2.45) is 10.3 Å². The fraction of sp³-hybridized carbons (Fsp3) is 0. The lowest BCUT2D eigenvalue weighted by molar-refractivity contribution is 2.08. The van der Waals surface area contributed by atoms with Crippen LogP contribution in [-0.2, 0) is 0 Å². The molecule has 0 aliphatic heterocycles. The van der Waals surface area contributed by atoms with Crippen LogP contribution in [0.4, 0.5) is 0 Å². The number of hydrogen-bond acceptors (Lipinski definition) is 4. The second kappa shape index (κ2) is 64.6. The molecule has 0 aromatic carbocycles. The molecule has 28 valence electrons. The molecule has 4 heavy (non-hydrogen) atoms. The van der Waals surface area contributed by atoms with Gasteiger partial charge in [0, 0.05) is 0 Å². The molecule has 0 bridgehead atoms. The van der Waals surface area contributed by atoms with Gasteiger partial charge in [0.05, 0.1) is 0 Å². The van der Waals surface area contributed by atoms with E-state index in [1.54, 1.807) is 0 Å². The van der Waals surface area contributed by atoms with E-state index >= 15 is 0 Å². The lowest BCUT2D eigenvalue weighted by Gasteiger charge is -1.20. The van der Waals surface area contributed by atoms with Gasteiger partial charge in [-0.15, -0.1) is 25.6 Å². The molecular weight excluding hydrogens is 92.1 g/mol. The highest BCUT2D eigenvalue weighted by atomic mass is 32.1. The summed E-state index contributed by atoms with van der Waals surface area (Å²) in [5, 5.41) is 8.39. The largest absolute Gasteiger partial charge is 0.281 e. The summed E-state index contributed by atoms with van der Waals surface area (Å²) < 4.78 is 0. The predicted molar refractivity (Wildman–Crippen MR) is 26.3 cm³/mol. The van der Waals surface area contributed by atoms with Crippen LogP contribution in [0.2, 0.25) is 0 Å². The highest BCUT2D eigenvalue weighted by Gasteiger charge is 0.814. The average Bonchev–Trinajstić information content (AvgIpc) is 1.50. The summed E-state index contributed by atoms with van der Waals surface area (Å²) in [4.78, 5) is 0. The highest BCUT2D eigenvalue weighted by Crippen LogP contribution is 1.12. The zero-order valence-corrected chi connectivity index (χ0v) is 3.84. The smallest absolute Gasteiger partial charge is 0.103 e. The van der Waals surface area contributed by atoms with Crippen molar-refractivity contribution in [3.8, 4) is 0 Å². The summed E-state index contributed by atoms with van der Waals surface area (Å²) in [6.45, 7) is 0. The molecule has 0 amide bonds. The number of thiol groups is 2. The molecule has 4 heteroatoms. The lowest BCUT2D eigenvalue weighted by atomic mass is 14.0. The van der Waals surface area contributed by atoms with E-state index in [2.05, 4.69) is 35.9 Å². The third-order valence-electron chi connectivity index (χ3n) is 0. The van der Waals surface area contributed by atoms with E-state index in [1.807, 2.05) is 0 Å². The molecule has 0 spiro atoms. The van der Waals surface area contributed by atoms with Crippen molar-refractivity contribution in [3.63, 3.8) is 0 Å². The van der Waals surface area contributed by atoms with Crippen molar-refractivity contribution in [1.29, 1.82) is 0 Å². The summed E-state index contributed by atoms with van der Waals surface area (Å²) in [7, 11) is 0. The Kier molecular flexibility index (Phi) is 143. The van der Waals surface area contributed by atoms with Gasteiger partial charge < -0.3 is 0 Å². The molecule has 0 rings (SSSR count). The van der Waals surface area contributed by atoms with Crippen LogP contribution in [0.15, 0.2) is 0 Å². The molecule has 0 atom stereocenters. The first-order valence-electron chi connectivity index (χ1n) is 0.516. The van der Waals surface area contributed by atoms with Gasteiger partial charge >= 0.3 is 0 Å². The molecule has 0 aliphatic carbocycles. The van der Waals surface area contributed by atoms with Gasteiger partial charge in [0.2, 0.25) is 0 Å². The van der Waals surface area contributed by atoms with E-state index < -0.39 is 0 Å². The first-order chi connectivity index (χ1) is 2.00. The Bertz CT molecular complexity index is 4.00. The number of nitrogens with two attached hydrogens (primary N) is 2. The maximum Gasteiger partial charge on any atom is -0.103 e. The number of hydrogen-bond donors (Lipinski definition) is 4. The van der Waals surface area contributed by atoms with Crippen LogP contribution < -0.4 is 10.3 Å². The normalized spacial score (nSPS) is 3.00. The minimum absolute atomic E-state index is 3.03. The van der Waals surface area contributed by atoms with Gasteiger partial charge in [-0.05, 0) is 0 Å². The van der Waals surface area contributed by atoms with Gasteiger partial charge in [0.25, 0.3) is 0 Å². The summed E-state index contributed by atoms with van der Waals surface area (Å²) in [5.41, 5.74) is 0. The van der Waals surface area contributed by atoms with Crippen molar-refractivity contribution >= 4 is 25.6 Å². The van der Waals surface area contributed by atoms with Crippen molar-refractivity contribution < 1.29 is 0 Å². The van der Waals surface area contributed by atoms with Crippen molar-refractivity contribution in [3.05, 3.63) is 0 Å². The minimum Gasteiger partial charge on any atom is -0.281 e. The Balaban J connectivity index is 0. The van der Waals surface area contributed by atoms with Crippen LogP contribution in [0.3, 0.4) is 0 Å². The highest BCUT2D eigenvalue weighted by molar-refractivity contribution is 7.77. The summed E-state index contributed by atoms with van der Waals surface area (Å²) in [5.74, 6) is 0. The van der Waals surface area contributed by atoms with Gasteiger partial charge in [-0.2, -0.15) is 0 Å². The second-order valence-corrected chi connectivity index (χ2v) is 0. The summed E-state index contributed by atoms with van der Waals surface area (Å²) in [6.07, 6.45) is 0. The van der Waals surface area contributed by atoms with Gasteiger partial charge in [-0.3, -0.25) is 10.3 Å². The van der Waals surface area contributed by atoms with E-state index in [-0.39, 0.29) is 0 Å². The van der Waals surface area contributed by atoms with E-state index in [0.717, 1.165) is 0 Å². The fourth-order valence-electron chi connectivity index (χ4n) is 0. The molecule has 2 nitrogen and oxygen atoms in total. The standard InChI is InChI=1S/2H3NS/c2*1-2/h2*2H,1H2. The Morgan fingerprint density at radius 3 is 0.750 bits per heavy atom. The maximum atomic E-state index is 4.19. The molecule has 4 N–H and O–H groups in total. The minimum atomic E-state index is 3.03. The van der Waals surface area contributed by atoms with Crippen LogP contribution >= 0.6 is 25.6 Å². The van der Waals surface area contributed by atoms with E-state index in [1.165, 1.54) is 0 Å². The van der Waals surface area contributed by atoms with Crippen molar-refractivity contribution in [2.45, 2.75) is 0 Å². The number of rotatable bonds is 0. The molecule has 0 aromatic rings. The molecule has 0 aliphatic rings. The van der Waals surface area contributed by atoms with Crippen LogP contribution in [0.25, 0.3) is 0 Å².